The molecule has 5 radical (unpaired) electrons. The molecule has 24 rings (SSSR count). The second-order valence-electron chi connectivity index (χ2n) is 33.8. The molecule has 0 spiro atoms. The Labute approximate surface area is 791 Å². The SMILES string of the molecule is CC1(C)c2cc(-c3nc(-c4cc(-c5ccccc5)cc(-c5ccccc5)c4)nc(-c4cc(-c5ccccc5)cc(-c5ccccc5)c4)n3)ccc2-c2cc3c4ccccc4c4ccccc4c3cc21.CC1(C)c2cc(-c3nc(-c4ccccc4)nc(-c4ccccc4)n3)ccc2-c2cc3c4ccccc4c4ccccc4c3cc21.[B][B][B].[CH3-].[Li+].[Li+].[O-]c1cccc2ccc[nH+]c12. The van der Waals surface area contributed by atoms with Gasteiger partial charge in [0.2, 0.25) is 5.52 Å². The second-order valence-corrected chi connectivity index (χ2v) is 33.8. The monoisotopic (exact) mass is 1660 g/mol. The quantitative estimate of drug-likeness (QED) is 0.0761. The minimum absolute atomic E-state index is 0. The summed E-state index contributed by atoms with van der Waals surface area (Å²) in [6, 6.07) is 144. The van der Waals surface area contributed by atoms with Crippen LogP contribution in [0.4, 0.5) is 0 Å². The number of nitrogens with zero attached hydrogens (tertiary/aromatic N) is 6. The number of aromatic nitrogens is 7. The van der Waals surface area contributed by atoms with Gasteiger partial charge in [-0.15, -0.1) is 0 Å². The van der Waals surface area contributed by atoms with E-state index < -0.39 is 0 Å². The summed E-state index contributed by atoms with van der Waals surface area (Å²) in [7, 11) is 10.0. The van der Waals surface area contributed by atoms with E-state index in [-0.39, 0.29) is 61.7 Å². The maximum Gasteiger partial charge on any atom is 1.00 e. The van der Waals surface area contributed by atoms with Crippen LogP contribution < -0.4 is 47.8 Å². The van der Waals surface area contributed by atoms with Gasteiger partial charge in [-0.3, -0.25) is 0 Å². The van der Waals surface area contributed by atoms with E-state index in [0.29, 0.717) is 40.5 Å². The Morgan fingerprint density at radius 1 is 0.229 bits per heavy atom. The number of rotatable bonds is 10. The van der Waals surface area contributed by atoms with Crippen molar-refractivity contribution in [3.05, 3.63) is 442 Å². The van der Waals surface area contributed by atoms with Crippen LogP contribution in [0, 0.1) is 7.43 Å². The van der Waals surface area contributed by atoms with Gasteiger partial charge in [0.1, 0.15) is 0 Å². The van der Waals surface area contributed by atoms with Crippen LogP contribution in [0.5, 0.6) is 5.75 Å². The number of hydrogen-bond acceptors (Lipinski definition) is 7. The molecule has 0 aliphatic heterocycles. The first kappa shape index (κ1) is 87.1. The maximum absolute atomic E-state index is 11.1. The Kier molecular flexibility index (Phi) is 24.5. The number of para-hydroxylation sites is 1. The van der Waals surface area contributed by atoms with Crippen LogP contribution in [-0.2, 0) is 10.8 Å². The van der Waals surface area contributed by atoms with Gasteiger partial charge in [0, 0.05) is 78.2 Å². The summed E-state index contributed by atoms with van der Waals surface area (Å²) < 4.78 is 0. The third kappa shape index (κ3) is 16.4. The summed E-state index contributed by atoms with van der Waals surface area (Å²) in [5.74, 6) is 3.93. The van der Waals surface area contributed by atoms with E-state index in [1.807, 2.05) is 54.6 Å². The van der Waals surface area contributed by atoms with Gasteiger partial charge >= 0.3 is 37.7 Å². The molecule has 3 heterocycles. The van der Waals surface area contributed by atoms with Crippen molar-refractivity contribution in [1.29, 1.82) is 0 Å². The number of benzene rings is 19. The molecule has 0 amide bonds. The van der Waals surface area contributed by atoms with Gasteiger partial charge in [-0.05, 0) is 244 Å². The van der Waals surface area contributed by atoms with Gasteiger partial charge in [-0.1, -0.05) is 343 Å². The van der Waals surface area contributed by atoms with Crippen molar-refractivity contribution >= 4 is 98.1 Å². The number of nitrogens with one attached hydrogen (secondary N) is 1. The van der Waals surface area contributed by atoms with Gasteiger partial charge < -0.3 is 12.5 Å². The van der Waals surface area contributed by atoms with E-state index >= 15 is 0 Å². The number of pyridine rings is 1. The largest absolute Gasteiger partial charge is 1.00 e. The molecule has 8 nitrogen and oxygen atoms in total. The van der Waals surface area contributed by atoms with Gasteiger partial charge in [-0.25, -0.2) is 34.9 Å². The minimum Gasteiger partial charge on any atom is -0.868 e. The third-order valence-electron chi connectivity index (χ3n) is 25.4. The van der Waals surface area contributed by atoms with Crippen molar-refractivity contribution in [2.75, 3.05) is 0 Å². The molecule has 1 N–H and O–H groups in total. The Hall–Kier alpha value is -14.6. The summed E-state index contributed by atoms with van der Waals surface area (Å²) in [6.45, 7) is 9.41. The van der Waals surface area contributed by atoms with E-state index in [9.17, 15) is 5.11 Å². The summed E-state index contributed by atoms with van der Waals surface area (Å²) in [6.07, 6.45) is 1.75. The molecule has 0 saturated carbocycles. The second kappa shape index (κ2) is 36.8. The molecule has 607 valence electrons. The molecule has 13 heteroatoms. The maximum atomic E-state index is 11.1. The first-order valence-electron chi connectivity index (χ1n) is 43.3. The summed E-state index contributed by atoms with van der Waals surface area (Å²) in [4.78, 5) is 34.1. The van der Waals surface area contributed by atoms with Crippen LogP contribution >= 0.6 is 0 Å². The van der Waals surface area contributed by atoms with Crippen molar-refractivity contribution in [1.82, 2.24) is 29.9 Å². The van der Waals surface area contributed by atoms with Crippen LogP contribution in [0.25, 0.3) is 211 Å². The zero-order valence-electron chi connectivity index (χ0n) is 74.1. The van der Waals surface area contributed by atoms with E-state index in [2.05, 4.69) is 388 Å². The average molecular weight is 1660 g/mol. The van der Waals surface area contributed by atoms with Crippen molar-refractivity contribution < 1.29 is 47.8 Å². The molecule has 0 bridgehead atoms. The molecular weight excluding hydrogens is 1580 g/mol. The van der Waals surface area contributed by atoms with Crippen LogP contribution in [-0.4, -0.2) is 52.4 Å². The Morgan fingerprint density at radius 3 is 0.779 bits per heavy atom. The smallest absolute Gasteiger partial charge is 0.868 e. The molecule has 3 aromatic heterocycles. The van der Waals surface area contributed by atoms with Crippen molar-refractivity contribution in [3.8, 4) is 141 Å². The average Bonchev–Trinajstić information content (AvgIpc) is 1.53. The van der Waals surface area contributed by atoms with Crippen LogP contribution in [0.15, 0.2) is 413 Å². The predicted octanol–water partition coefficient (Wildman–Crippen LogP) is 22.0. The van der Waals surface area contributed by atoms with Gasteiger partial charge in [-0.2, -0.15) is 0 Å². The number of hydrogen-bond donors (Lipinski definition) is 0. The standard InChI is InChI=1S/C66H45N3.C42H29N3.C9H7NO.CH3.B3.2Li/c1-66(2)61-39-46(31-32-57(61)60-40-58-55-29-17-15-27-53(55)54-28-16-18-30-56(54)59(58)41-62(60)66)63-67-64(51-35-47(42-19-7-3-8-20-42)33-48(36-51)43-21-9-4-10-22-43)69-65(68-63)52-37-49(44-23-11-5-12-24-44)34-50(38-52)45-25-13-6-14-26-45;1-42(2)37-23-28(41-44-39(26-13-5-3-6-14-26)43-40(45-41)27-15-7-4-8-16-27)21-22-33(37)36-24-34-31-19-11-9-17-29(31)30-18-10-12-20-32(30)35(34)25-38(36)42;11-8-5-1-3-7-4-2-6-10-9(7)8;;1-3-2;;/h3-41H,1-2H3;3-25H,1-2H3;1-6,11H;1H3;;;/q;;;-1;;2*+1. The molecular formula is C118H84B3Li2N7O+. The Balaban J connectivity index is 0.000000159. The first-order valence-corrected chi connectivity index (χ1v) is 43.3. The Bertz CT molecular complexity index is 7750. The van der Waals surface area contributed by atoms with E-state index in [1.165, 1.54) is 109 Å². The van der Waals surface area contributed by atoms with Crippen molar-refractivity contribution in [3.63, 3.8) is 0 Å². The van der Waals surface area contributed by atoms with Gasteiger partial charge in [0.05, 0.1) is 0 Å². The van der Waals surface area contributed by atoms with Crippen LogP contribution in [0.3, 0.4) is 0 Å². The fourth-order valence-corrected chi connectivity index (χ4v) is 19.1. The predicted molar refractivity (Wildman–Crippen MR) is 538 cm³/mol. The fourth-order valence-electron chi connectivity index (χ4n) is 19.1. The molecule has 19 aromatic carbocycles. The topological polar surface area (TPSA) is 115 Å². The zero-order valence-corrected chi connectivity index (χ0v) is 74.1. The molecule has 2 aliphatic carbocycles. The normalized spacial score (nSPS) is 12.2. The zero-order chi connectivity index (χ0) is 86.6. The minimum atomic E-state index is -0.288. The van der Waals surface area contributed by atoms with Crippen LogP contribution in [0.2, 0.25) is 0 Å². The molecule has 22 aromatic rings. The summed E-state index contributed by atoms with van der Waals surface area (Å²) in [5.41, 5.74) is 25.2. The summed E-state index contributed by atoms with van der Waals surface area (Å²) in [5, 5.41) is 27.6. The van der Waals surface area contributed by atoms with Gasteiger partial charge in [0.15, 0.2) is 41.1 Å². The molecule has 0 fully saturated rings. The molecule has 0 saturated heterocycles. The third-order valence-corrected chi connectivity index (χ3v) is 25.4. The Morgan fingerprint density at radius 2 is 0.473 bits per heavy atom. The number of aromatic amines is 1. The van der Waals surface area contributed by atoms with E-state index in [1.54, 1.807) is 18.3 Å². The van der Waals surface area contributed by atoms with Crippen molar-refractivity contribution in [2.45, 2.75) is 38.5 Å². The molecule has 131 heavy (non-hydrogen) atoms. The fraction of sp³-hybridized carbons (Fsp3) is 0.0508. The molecule has 0 atom stereocenters. The van der Waals surface area contributed by atoms with Crippen molar-refractivity contribution in [2.24, 2.45) is 0 Å². The molecule has 0 unspecified atom stereocenters. The van der Waals surface area contributed by atoms with E-state index in [4.69, 9.17) is 29.9 Å². The first-order chi connectivity index (χ1) is 62.8. The van der Waals surface area contributed by atoms with Crippen LogP contribution in [0.1, 0.15) is 49.9 Å². The number of fused-ring (bicyclic) bond motifs is 19. The number of H-pyrrole nitrogens is 1. The summed E-state index contributed by atoms with van der Waals surface area (Å²) >= 11 is 0. The van der Waals surface area contributed by atoms with E-state index in [0.717, 1.165) is 90.3 Å². The van der Waals surface area contributed by atoms with Gasteiger partial charge in [0.25, 0.3) is 0 Å². The molecule has 2 aliphatic rings.